The monoisotopic (exact) mass is 379 g/mol. The van der Waals surface area contributed by atoms with E-state index < -0.39 is 19.4 Å². The van der Waals surface area contributed by atoms with Crippen LogP contribution in [0, 0.1) is 17.8 Å². The normalized spacial score (nSPS) is 35.2. The van der Waals surface area contributed by atoms with Crippen molar-refractivity contribution in [3.63, 3.8) is 0 Å². The van der Waals surface area contributed by atoms with Crippen LogP contribution in [0.3, 0.4) is 0 Å². The second-order valence-electron chi connectivity index (χ2n) is 7.68. The highest BCUT2D eigenvalue weighted by molar-refractivity contribution is 8.00. The average molecular weight is 380 g/mol. The van der Waals surface area contributed by atoms with Crippen molar-refractivity contribution < 1.29 is 17.4 Å². The van der Waals surface area contributed by atoms with Gasteiger partial charge < -0.3 is 5.32 Å². The highest BCUT2D eigenvalue weighted by Crippen LogP contribution is 2.17. The van der Waals surface area contributed by atoms with Crippen LogP contribution in [-0.2, 0) is 24.2 Å². The third-order valence-electron chi connectivity index (χ3n) is 4.60. The minimum absolute atomic E-state index is 0.201. The molecule has 1 N–H and O–H groups in total. The van der Waals surface area contributed by atoms with Crippen LogP contribution in [0.2, 0.25) is 0 Å². The molecular weight excluding hydrogens is 346 g/mol. The highest BCUT2D eigenvalue weighted by Gasteiger charge is 2.20. The van der Waals surface area contributed by atoms with E-state index in [1.54, 1.807) is 0 Å². The number of hydrogen-bond acceptors (Lipinski definition) is 4. The van der Waals surface area contributed by atoms with Crippen LogP contribution in [0.4, 0.5) is 0 Å². The van der Waals surface area contributed by atoms with Gasteiger partial charge in [0, 0.05) is 24.5 Å². The van der Waals surface area contributed by atoms with E-state index in [1.807, 2.05) is 0 Å². The topological polar surface area (TPSA) is 80.3 Å². The summed E-state index contributed by atoms with van der Waals surface area (Å²) in [7, 11) is -4.21. The van der Waals surface area contributed by atoms with Crippen molar-refractivity contribution in [3.8, 4) is 0 Å². The van der Waals surface area contributed by atoms with E-state index in [2.05, 4.69) is 32.0 Å². The van der Waals surface area contributed by atoms with E-state index in [4.69, 9.17) is 0 Å². The summed E-state index contributed by atoms with van der Waals surface area (Å²) in [5, 5.41) is 2.73. The molecule has 3 rings (SSSR count). The average Bonchev–Trinajstić information content (AvgIpc) is 2.99. The zero-order chi connectivity index (χ0) is 18.4. The van der Waals surface area contributed by atoms with Crippen molar-refractivity contribution in [1.29, 1.82) is 0 Å². The summed E-state index contributed by atoms with van der Waals surface area (Å²) in [6.07, 6.45) is 3.56. The summed E-state index contributed by atoms with van der Waals surface area (Å²) in [6.45, 7) is 7.18. The first-order valence-electron chi connectivity index (χ1n) is 8.79. The molecule has 24 heavy (non-hydrogen) atoms. The summed E-state index contributed by atoms with van der Waals surface area (Å²) >= 11 is 0. The predicted molar refractivity (Wildman–Crippen MR) is 103 cm³/mol. The Hall–Kier alpha value is -0.560. The van der Waals surface area contributed by atoms with E-state index >= 15 is 0 Å². The number of amides is 1. The third kappa shape index (κ3) is 9.06. The number of carbonyl (C=O) groups excluding carboxylic acids is 1. The number of sulfone groups is 1. The van der Waals surface area contributed by atoms with Crippen molar-refractivity contribution >= 4 is 31.1 Å². The van der Waals surface area contributed by atoms with Gasteiger partial charge in [0.05, 0.1) is 11.5 Å². The molecular formula is C17H33NO4S2. The van der Waals surface area contributed by atoms with Crippen LogP contribution in [0.15, 0.2) is 0 Å². The van der Waals surface area contributed by atoms with Crippen LogP contribution in [-0.4, -0.2) is 54.0 Å². The summed E-state index contributed by atoms with van der Waals surface area (Å²) in [5.41, 5.74) is 0. The smallest absolute Gasteiger partial charge is 0.220 e. The minimum Gasteiger partial charge on any atom is -0.356 e. The molecule has 3 unspecified atom stereocenters. The molecule has 5 nitrogen and oxygen atoms in total. The standard InChI is InChI=1S/C6H12O2S.C6H12OS.C5H9NO/c1-6-2-4-9(7,8)5-3-6;1-6-3-4-8(2,7)5-6;1-4-2-5(7)6-3-4/h6H,2-5H2,1H3;6H,2-5H2,1H3;4H,2-3H2,1H3,(H,6,7). The summed E-state index contributed by atoms with van der Waals surface area (Å²) in [4.78, 5) is 10.3. The Labute approximate surface area is 147 Å². The Morgan fingerprint density at radius 1 is 0.917 bits per heavy atom. The van der Waals surface area contributed by atoms with Crippen molar-refractivity contribution in [1.82, 2.24) is 5.32 Å². The Kier molecular flexibility index (Phi) is 8.26. The van der Waals surface area contributed by atoms with Gasteiger partial charge in [-0.2, -0.15) is 0 Å². The SMILES string of the molecule is C=S1(=O)CCC(C)C1.CC1CCS(=O)(=O)CC1.CC1CNC(=O)C1. The molecule has 3 aliphatic rings. The molecule has 1 amide bonds. The third-order valence-corrected chi connectivity index (χ3v) is 8.47. The van der Waals surface area contributed by atoms with Gasteiger partial charge in [-0.05, 0) is 52.4 Å². The molecule has 3 saturated heterocycles. The summed E-state index contributed by atoms with van der Waals surface area (Å²) in [5.74, 6) is 8.21. The Bertz CT molecular complexity index is 597. The Morgan fingerprint density at radius 2 is 1.46 bits per heavy atom. The van der Waals surface area contributed by atoms with Gasteiger partial charge in [0.25, 0.3) is 0 Å². The van der Waals surface area contributed by atoms with Gasteiger partial charge in [0.15, 0.2) is 0 Å². The Morgan fingerprint density at radius 3 is 1.67 bits per heavy atom. The number of carbonyl (C=O) groups is 1. The van der Waals surface area contributed by atoms with E-state index in [0.717, 1.165) is 43.7 Å². The predicted octanol–water partition coefficient (Wildman–Crippen LogP) is 1.72. The molecule has 3 fully saturated rings. The molecule has 0 saturated carbocycles. The van der Waals surface area contributed by atoms with Gasteiger partial charge in [-0.3, -0.25) is 9.00 Å². The van der Waals surface area contributed by atoms with Crippen LogP contribution in [0.25, 0.3) is 0 Å². The lowest BCUT2D eigenvalue weighted by Gasteiger charge is -2.16. The second-order valence-corrected chi connectivity index (χ2v) is 12.7. The first-order chi connectivity index (χ1) is 11.0. The van der Waals surface area contributed by atoms with Crippen LogP contribution in [0.5, 0.6) is 0 Å². The zero-order valence-corrected chi connectivity index (χ0v) is 16.9. The van der Waals surface area contributed by atoms with E-state index in [0.29, 0.717) is 29.3 Å². The molecule has 0 aromatic rings. The van der Waals surface area contributed by atoms with Gasteiger partial charge in [-0.15, -0.1) is 0 Å². The molecule has 0 radical (unpaired) electrons. The van der Waals surface area contributed by atoms with Crippen molar-refractivity contribution in [3.05, 3.63) is 0 Å². The molecule has 0 aliphatic carbocycles. The molecule has 3 aliphatic heterocycles. The number of nitrogens with one attached hydrogen (secondary N) is 1. The fourth-order valence-corrected chi connectivity index (χ4v) is 6.79. The second kappa shape index (κ2) is 9.22. The van der Waals surface area contributed by atoms with E-state index in [-0.39, 0.29) is 5.91 Å². The van der Waals surface area contributed by atoms with Crippen LogP contribution >= 0.6 is 0 Å². The summed E-state index contributed by atoms with van der Waals surface area (Å²) in [6, 6.07) is 0. The van der Waals surface area contributed by atoms with Gasteiger partial charge >= 0.3 is 0 Å². The molecule has 142 valence electrons. The highest BCUT2D eigenvalue weighted by atomic mass is 32.2. The lowest BCUT2D eigenvalue weighted by atomic mass is 10.1. The van der Waals surface area contributed by atoms with Crippen molar-refractivity contribution in [2.45, 2.75) is 46.5 Å². The molecule has 0 bridgehead atoms. The molecule has 7 heteroatoms. The van der Waals surface area contributed by atoms with Gasteiger partial charge in [-0.25, -0.2) is 8.42 Å². The quantitative estimate of drug-likeness (QED) is 0.650. The van der Waals surface area contributed by atoms with Crippen LogP contribution < -0.4 is 5.32 Å². The van der Waals surface area contributed by atoms with Crippen molar-refractivity contribution in [2.75, 3.05) is 29.6 Å². The fraction of sp³-hybridized carbons (Fsp3) is 0.882. The van der Waals surface area contributed by atoms with E-state index in [1.165, 1.54) is 0 Å². The molecule has 3 heterocycles. The summed E-state index contributed by atoms with van der Waals surface area (Å²) < 4.78 is 32.7. The molecule has 0 aromatic carbocycles. The van der Waals surface area contributed by atoms with E-state index in [9.17, 15) is 17.4 Å². The lowest BCUT2D eigenvalue weighted by Crippen LogP contribution is -2.21. The maximum absolute atomic E-state index is 11.1. The molecule has 0 spiro atoms. The lowest BCUT2D eigenvalue weighted by molar-refractivity contribution is -0.119. The maximum Gasteiger partial charge on any atom is 0.220 e. The minimum atomic E-state index is -2.62. The van der Waals surface area contributed by atoms with Crippen molar-refractivity contribution in [2.24, 2.45) is 17.8 Å². The van der Waals surface area contributed by atoms with Gasteiger partial charge in [0.2, 0.25) is 5.91 Å². The fourth-order valence-electron chi connectivity index (χ4n) is 2.86. The van der Waals surface area contributed by atoms with Crippen LogP contribution in [0.1, 0.15) is 46.5 Å². The number of rotatable bonds is 0. The first kappa shape index (κ1) is 21.5. The van der Waals surface area contributed by atoms with Gasteiger partial charge in [-0.1, -0.05) is 20.8 Å². The maximum atomic E-state index is 11.1. The Balaban J connectivity index is 0.000000181. The molecule has 0 aromatic heterocycles. The molecule has 3 atom stereocenters. The largest absolute Gasteiger partial charge is 0.356 e. The number of hydrogen-bond donors (Lipinski definition) is 1. The first-order valence-corrected chi connectivity index (χ1v) is 12.7. The van der Waals surface area contributed by atoms with Gasteiger partial charge in [0.1, 0.15) is 9.84 Å². The zero-order valence-electron chi connectivity index (χ0n) is 15.3.